The number of carbonyl (C=O) groups is 4. The number of anilines is 1. The summed E-state index contributed by atoms with van der Waals surface area (Å²) in [7, 11) is 1.37. The van der Waals surface area contributed by atoms with Crippen LogP contribution in [0.25, 0.3) is 0 Å². The molecule has 11 heteroatoms. The zero-order chi connectivity index (χ0) is 26.5. The highest BCUT2D eigenvalue weighted by atomic mass is 16.6. The zero-order valence-electron chi connectivity index (χ0n) is 20.0. The van der Waals surface area contributed by atoms with Crippen LogP contribution in [-0.4, -0.2) is 53.3 Å². The molecule has 1 N–H and O–H groups in total. The smallest absolute Gasteiger partial charge is 0.330 e. The maximum absolute atomic E-state index is 13.2. The molecule has 1 aliphatic carbocycles. The molecular weight excluding hydrogens is 482 g/mol. The predicted octanol–water partition coefficient (Wildman–Crippen LogP) is 2.65. The van der Waals surface area contributed by atoms with Crippen molar-refractivity contribution in [1.29, 1.82) is 0 Å². The van der Waals surface area contributed by atoms with Crippen LogP contribution < -0.4 is 10.1 Å². The van der Waals surface area contributed by atoms with Crippen LogP contribution in [0.5, 0.6) is 5.75 Å². The predicted molar refractivity (Wildman–Crippen MR) is 130 cm³/mol. The Morgan fingerprint density at radius 1 is 1.08 bits per heavy atom. The standard InChI is InChI=1S/C26H25N3O8/c1-36-17-11-12-21(29(34)35)20(14-17)27-23(30)15-37-26(33)22(13-16-7-3-2-4-8-16)28-24(31)18-9-5-6-10-19(18)25(28)32/h2-8,11-12,14,18-19,22H,9-10,13,15H2,1H3,(H,27,30)/t18-,19+,22-/m1/s1. The van der Waals surface area contributed by atoms with Crippen molar-refractivity contribution in [3.05, 3.63) is 76.4 Å². The van der Waals surface area contributed by atoms with Crippen molar-refractivity contribution >= 4 is 35.1 Å². The first-order chi connectivity index (χ1) is 17.8. The van der Waals surface area contributed by atoms with Gasteiger partial charge in [0.1, 0.15) is 17.5 Å². The van der Waals surface area contributed by atoms with Crippen molar-refractivity contribution in [3.63, 3.8) is 0 Å². The van der Waals surface area contributed by atoms with Crippen LogP contribution in [-0.2, 0) is 30.3 Å². The molecule has 3 amide bonds. The molecule has 1 fully saturated rings. The summed E-state index contributed by atoms with van der Waals surface area (Å²) < 4.78 is 10.3. The van der Waals surface area contributed by atoms with E-state index in [2.05, 4.69) is 5.32 Å². The molecular formula is C26H25N3O8. The van der Waals surface area contributed by atoms with Gasteiger partial charge in [-0.3, -0.25) is 29.4 Å². The number of likely N-dealkylation sites (tertiary alicyclic amines) is 1. The number of imide groups is 1. The van der Waals surface area contributed by atoms with Gasteiger partial charge in [-0.15, -0.1) is 0 Å². The van der Waals surface area contributed by atoms with Crippen LogP contribution in [0.3, 0.4) is 0 Å². The number of ether oxygens (including phenoxy) is 2. The van der Waals surface area contributed by atoms with Crippen molar-refractivity contribution in [1.82, 2.24) is 4.90 Å². The van der Waals surface area contributed by atoms with Gasteiger partial charge in [-0.1, -0.05) is 42.5 Å². The first-order valence-electron chi connectivity index (χ1n) is 11.6. The van der Waals surface area contributed by atoms with Gasteiger partial charge in [-0.2, -0.15) is 0 Å². The van der Waals surface area contributed by atoms with E-state index in [4.69, 9.17) is 9.47 Å². The summed E-state index contributed by atoms with van der Waals surface area (Å²) in [6.07, 6.45) is 4.55. The lowest BCUT2D eigenvalue weighted by Crippen LogP contribution is -2.48. The number of carbonyl (C=O) groups excluding carboxylic acids is 4. The van der Waals surface area contributed by atoms with E-state index < -0.39 is 53.1 Å². The number of methoxy groups -OCH3 is 1. The topological polar surface area (TPSA) is 145 Å². The molecule has 0 unspecified atom stereocenters. The molecule has 4 rings (SSSR count). The van der Waals surface area contributed by atoms with Crippen molar-refractivity contribution in [2.75, 3.05) is 19.0 Å². The van der Waals surface area contributed by atoms with Crippen molar-refractivity contribution in [2.45, 2.75) is 25.3 Å². The van der Waals surface area contributed by atoms with Gasteiger partial charge in [0.15, 0.2) is 6.61 Å². The molecule has 0 bridgehead atoms. The number of nitrogens with one attached hydrogen (secondary N) is 1. The van der Waals surface area contributed by atoms with Crippen LogP contribution >= 0.6 is 0 Å². The number of allylic oxidation sites excluding steroid dienone is 2. The number of hydrogen-bond donors (Lipinski definition) is 1. The van der Waals surface area contributed by atoms with Crippen LogP contribution in [0.15, 0.2) is 60.7 Å². The summed E-state index contributed by atoms with van der Waals surface area (Å²) in [6, 6.07) is 11.4. The third kappa shape index (κ3) is 5.50. The van der Waals surface area contributed by atoms with Crippen molar-refractivity contribution in [3.8, 4) is 5.75 Å². The van der Waals surface area contributed by atoms with Gasteiger partial charge in [0, 0.05) is 18.6 Å². The van der Waals surface area contributed by atoms with Crippen molar-refractivity contribution < 1.29 is 33.6 Å². The lowest BCUT2D eigenvalue weighted by atomic mass is 9.85. The minimum atomic E-state index is -1.26. The molecule has 11 nitrogen and oxygen atoms in total. The average molecular weight is 507 g/mol. The highest BCUT2D eigenvalue weighted by Gasteiger charge is 2.51. The van der Waals surface area contributed by atoms with Gasteiger partial charge in [0.25, 0.3) is 11.6 Å². The third-order valence-corrected chi connectivity index (χ3v) is 6.42. The molecule has 37 heavy (non-hydrogen) atoms. The molecule has 2 aromatic rings. The molecule has 2 aliphatic rings. The van der Waals surface area contributed by atoms with Gasteiger partial charge < -0.3 is 14.8 Å². The quantitative estimate of drug-likeness (QED) is 0.179. The second kappa shape index (κ2) is 11.0. The Morgan fingerprint density at radius 3 is 2.32 bits per heavy atom. The number of amides is 3. The van der Waals surface area contributed by atoms with Gasteiger partial charge in [0.05, 0.1) is 23.9 Å². The zero-order valence-corrected chi connectivity index (χ0v) is 20.0. The number of esters is 1. The van der Waals surface area contributed by atoms with Crippen LogP contribution in [0, 0.1) is 22.0 Å². The lowest BCUT2D eigenvalue weighted by molar-refractivity contribution is -0.383. The SMILES string of the molecule is COc1ccc([N+](=O)[O-])c(NC(=O)COC(=O)[C@@H](Cc2ccccc2)N2C(=O)[C@H]3CC=CC[C@H]3C2=O)c1. The lowest BCUT2D eigenvalue weighted by Gasteiger charge is -2.25. The molecule has 1 heterocycles. The fourth-order valence-electron chi connectivity index (χ4n) is 4.57. The van der Waals surface area contributed by atoms with E-state index in [9.17, 15) is 29.3 Å². The van der Waals surface area contributed by atoms with Crippen LogP contribution in [0.2, 0.25) is 0 Å². The van der Waals surface area contributed by atoms with Gasteiger partial charge in [-0.05, 0) is 24.5 Å². The Labute approximate surface area is 212 Å². The number of fused-ring (bicyclic) bond motifs is 1. The van der Waals surface area contributed by atoms with Gasteiger partial charge in [-0.25, -0.2) is 4.79 Å². The minimum absolute atomic E-state index is 0.0208. The largest absolute Gasteiger partial charge is 0.497 e. The first kappa shape index (κ1) is 25.5. The minimum Gasteiger partial charge on any atom is -0.497 e. The highest BCUT2D eigenvalue weighted by Crippen LogP contribution is 2.37. The fourth-order valence-corrected chi connectivity index (χ4v) is 4.57. The molecule has 0 saturated carbocycles. The summed E-state index contributed by atoms with van der Waals surface area (Å²) in [5.74, 6) is -3.40. The molecule has 0 radical (unpaired) electrons. The van der Waals surface area contributed by atoms with E-state index in [0.29, 0.717) is 18.4 Å². The number of hydrogen-bond acceptors (Lipinski definition) is 8. The molecule has 3 atom stereocenters. The summed E-state index contributed by atoms with van der Waals surface area (Å²) in [5, 5.41) is 13.6. The summed E-state index contributed by atoms with van der Waals surface area (Å²) >= 11 is 0. The monoisotopic (exact) mass is 507 g/mol. The summed E-state index contributed by atoms with van der Waals surface area (Å²) in [4.78, 5) is 63.6. The Kier molecular flexibility index (Phi) is 7.61. The first-order valence-corrected chi connectivity index (χ1v) is 11.6. The normalized spacial score (nSPS) is 19.2. The second-order valence-corrected chi connectivity index (χ2v) is 8.70. The van der Waals surface area contributed by atoms with E-state index in [-0.39, 0.29) is 23.5 Å². The van der Waals surface area contributed by atoms with Gasteiger partial charge >= 0.3 is 5.97 Å². The number of rotatable bonds is 9. The summed E-state index contributed by atoms with van der Waals surface area (Å²) in [6.45, 7) is -0.775. The van der Waals surface area contributed by atoms with E-state index in [0.717, 1.165) is 4.90 Å². The Bertz CT molecular complexity index is 1230. The molecule has 1 saturated heterocycles. The number of nitrogens with zero attached hydrogens (tertiary/aromatic N) is 2. The van der Waals surface area contributed by atoms with Gasteiger partial charge in [0.2, 0.25) is 11.8 Å². The average Bonchev–Trinajstić information content (AvgIpc) is 3.16. The Morgan fingerprint density at radius 2 is 1.73 bits per heavy atom. The maximum atomic E-state index is 13.2. The van der Waals surface area contributed by atoms with E-state index in [1.807, 2.05) is 12.2 Å². The fraction of sp³-hybridized carbons (Fsp3) is 0.308. The molecule has 192 valence electrons. The van der Waals surface area contributed by atoms with E-state index in [1.165, 1.54) is 25.3 Å². The third-order valence-electron chi connectivity index (χ3n) is 6.42. The maximum Gasteiger partial charge on any atom is 0.330 e. The van der Waals surface area contributed by atoms with Crippen LogP contribution in [0.1, 0.15) is 18.4 Å². The summed E-state index contributed by atoms with van der Waals surface area (Å²) in [5.41, 5.74) is 0.203. The highest BCUT2D eigenvalue weighted by molar-refractivity contribution is 6.08. The van der Waals surface area contributed by atoms with E-state index in [1.54, 1.807) is 30.3 Å². The number of nitro benzene ring substituents is 1. The second-order valence-electron chi connectivity index (χ2n) is 8.70. The molecule has 1 aliphatic heterocycles. The Hall–Kier alpha value is -4.54. The molecule has 0 spiro atoms. The van der Waals surface area contributed by atoms with Crippen molar-refractivity contribution in [2.24, 2.45) is 11.8 Å². The molecule has 2 aromatic carbocycles. The number of nitro groups is 1. The van der Waals surface area contributed by atoms with Crippen LogP contribution in [0.4, 0.5) is 11.4 Å². The molecule has 0 aromatic heterocycles. The number of benzene rings is 2. The Balaban J connectivity index is 1.50. The van der Waals surface area contributed by atoms with E-state index >= 15 is 0 Å².